The minimum atomic E-state index is -0.276. The van der Waals surface area contributed by atoms with Crippen LogP contribution in [0.3, 0.4) is 0 Å². The number of aliphatic hydroxyl groups is 1. The zero-order valence-electron chi connectivity index (χ0n) is 11.3. The smallest absolute Gasteiger partial charge is 0.131 e. The maximum absolute atomic E-state index is 13.8. The summed E-state index contributed by atoms with van der Waals surface area (Å²) < 4.78 is 13.8. The Balaban J connectivity index is 1.88. The summed E-state index contributed by atoms with van der Waals surface area (Å²) in [7, 11) is 0. The molecule has 106 valence electrons. The summed E-state index contributed by atoms with van der Waals surface area (Å²) in [5, 5.41) is 21.3. The van der Waals surface area contributed by atoms with Gasteiger partial charge in [-0.3, -0.25) is 5.32 Å². The Bertz CT molecular complexity index is 678. The van der Waals surface area contributed by atoms with E-state index in [1.807, 2.05) is 24.3 Å². The van der Waals surface area contributed by atoms with Crippen LogP contribution in [0.4, 0.5) is 4.39 Å². The number of hydrogen-bond donors (Lipinski definition) is 2. The van der Waals surface area contributed by atoms with Gasteiger partial charge >= 0.3 is 0 Å². The van der Waals surface area contributed by atoms with Gasteiger partial charge < -0.3 is 5.11 Å². The second-order valence-corrected chi connectivity index (χ2v) is 5.19. The summed E-state index contributed by atoms with van der Waals surface area (Å²) >= 11 is 0. The van der Waals surface area contributed by atoms with Crippen molar-refractivity contribution in [1.29, 1.82) is 5.26 Å². The number of rotatable bonds is 3. The number of aliphatic hydroxyl groups excluding tert-OH is 1. The highest BCUT2D eigenvalue weighted by Crippen LogP contribution is 2.33. The monoisotopic (exact) mass is 282 g/mol. The van der Waals surface area contributed by atoms with Gasteiger partial charge in [0.05, 0.1) is 12.7 Å². The van der Waals surface area contributed by atoms with Crippen LogP contribution in [-0.2, 0) is 0 Å². The summed E-state index contributed by atoms with van der Waals surface area (Å²) in [6, 6.07) is 16.0. The van der Waals surface area contributed by atoms with E-state index in [9.17, 15) is 9.50 Å². The van der Waals surface area contributed by atoms with Gasteiger partial charge in [-0.1, -0.05) is 42.5 Å². The molecule has 0 saturated carbocycles. The Morgan fingerprint density at radius 2 is 1.86 bits per heavy atom. The van der Waals surface area contributed by atoms with Gasteiger partial charge in [0.25, 0.3) is 0 Å². The fraction of sp³-hybridized carbons (Fsp3) is 0.235. The highest BCUT2D eigenvalue weighted by Gasteiger charge is 2.41. The van der Waals surface area contributed by atoms with Crippen molar-refractivity contribution in [2.45, 2.75) is 18.0 Å². The predicted octanol–water partition coefficient (Wildman–Crippen LogP) is 2.43. The first kappa shape index (κ1) is 13.7. The summed E-state index contributed by atoms with van der Waals surface area (Å²) in [6.07, 6.45) is 0. The van der Waals surface area contributed by atoms with Crippen LogP contribution in [0.2, 0.25) is 0 Å². The largest absolute Gasteiger partial charge is 0.395 e. The molecule has 2 aromatic carbocycles. The Hall–Kier alpha value is -2.22. The minimum absolute atomic E-state index is 0.00207. The van der Waals surface area contributed by atoms with Crippen LogP contribution in [0, 0.1) is 17.1 Å². The van der Waals surface area contributed by atoms with E-state index in [1.54, 1.807) is 18.2 Å². The molecule has 4 heteroatoms. The summed E-state index contributed by atoms with van der Waals surface area (Å²) in [4.78, 5) is 0. The average molecular weight is 282 g/mol. The summed E-state index contributed by atoms with van der Waals surface area (Å²) in [5.74, 6) is -0.270. The van der Waals surface area contributed by atoms with Gasteiger partial charge in [-0.25, -0.2) is 4.39 Å². The number of halogens is 1. The quantitative estimate of drug-likeness (QED) is 0.909. The molecule has 1 aliphatic rings. The van der Waals surface area contributed by atoms with Crippen molar-refractivity contribution in [3.63, 3.8) is 0 Å². The lowest BCUT2D eigenvalue weighted by Crippen LogP contribution is -2.60. The molecule has 0 aromatic heterocycles. The van der Waals surface area contributed by atoms with Gasteiger partial charge in [-0.05, 0) is 17.2 Å². The molecular weight excluding hydrogens is 267 g/mol. The molecule has 1 saturated heterocycles. The molecule has 2 N–H and O–H groups in total. The van der Waals surface area contributed by atoms with E-state index in [0.717, 1.165) is 11.1 Å². The maximum Gasteiger partial charge on any atom is 0.131 e. The summed E-state index contributed by atoms with van der Waals surface area (Å²) in [6.45, 7) is -0.00207. The molecule has 2 aromatic rings. The van der Waals surface area contributed by atoms with Crippen LogP contribution in [0.25, 0.3) is 11.1 Å². The molecule has 3 nitrogen and oxygen atoms in total. The fourth-order valence-electron chi connectivity index (χ4n) is 2.84. The van der Waals surface area contributed by atoms with Gasteiger partial charge in [0.2, 0.25) is 0 Å². The lowest BCUT2D eigenvalue weighted by Gasteiger charge is -2.41. The van der Waals surface area contributed by atoms with Gasteiger partial charge in [0.1, 0.15) is 11.9 Å². The SMILES string of the molecule is N#C[C@H]1N[C@@H](CO)[C@@H]1c1ccc(-c2ccccc2F)cc1. The van der Waals surface area contributed by atoms with Crippen LogP contribution < -0.4 is 5.32 Å². The maximum atomic E-state index is 13.8. The molecular formula is C17H15FN2O. The molecule has 0 spiro atoms. The van der Waals surface area contributed by atoms with E-state index in [-0.39, 0.29) is 30.4 Å². The molecule has 0 radical (unpaired) electrons. The van der Waals surface area contributed by atoms with Gasteiger partial charge in [0, 0.05) is 17.5 Å². The van der Waals surface area contributed by atoms with Crippen molar-refractivity contribution in [3.8, 4) is 17.2 Å². The Kier molecular flexibility index (Phi) is 3.70. The third-order valence-electron chi connectivity index (χ3n) is 4.00. The topological polar surface area (TPSA) is 56.0 Å². The van der Waals surface area contributed by atoms with E-state index in [2.05, 4.69) is 11.4 Å². The van der Waals surface area contributed by atoms with Crippen LogP contribution in [0.5, 0.6) is 0 Å². The number of nitrogens with one attached hydrogen (secondary N) is 1. The van der Waals surface area contributed by atoms with Crippen LogP contribution in [0.15, 0.2) is 48.5 Å². The van der Waals surface area contributed by atoms with E-state index in [4.69, 9.17) is 5.26 Å². The molecule has 0 aliphatic carbocycles. The number of benzene rings is 2. The lowest BCUT2D eigenvalue weighted by atomic mass is 9.78. The van der Waals surface area contributed by atoms with E-state index in [1.165, 1.54) is 6.07 Å². The first-order chi connectivity index (χ1) is 10.2. The van der Waals surface area contributed by atoms with Crippen LogP contribution >= 0.6 is 0 Å². The van der Waals surface area contributed by atoms with Crippen LogP contribution in [-0.4, -0.2) is 23.8 Å². The fourth-order valence-corrected chi connectivity index (χ4v) is 2.84. The number of nitrogens with zero attached hydrogens (tertiary/aromatic N) is 1. The Morgan fingerprint density at radius 3 is 2.48 bits per heavy atom. The van der Waals surface area contributed by atoms with E-state index < -0.39 is 0 Å². The standard InChI is InChI=1S/C17H15FN2O/c18-14-4-2-1-3-13(14)11-5-7-12(8-6-11)17-15(9-19)20-16(17)10-21/h1-8,15-17,20-21H,10H2/t15-,16+,17-/m1/s1. The lowest BCUT2D eigenvalue weighted by molar-refractivity contribution is 0.151. The zero-order valence-corrected chi connectivity index (χ0v) is 11.3. The molecule has 1 aliphatic heterocycles. The van der Waals surface area contributed by atoms with Crippen molar-refractivity contribution >= 4 is 0 Å². The summed E-state index contributed by atoms with van der Waals surface area (Å²) in [5.41, 5.74) is 2.35. The highest BCUT2D eigenvalue weighted by molar-refractivity contribution is 5.64. The first-order valence-corrected chi connectivity index (χ1v) is 6.86. The number of hydrogen-bond acceptors (Lipinski definition) is 3. The molecule has 0 unspecified atom stereocenters. The average Bonchev–Trinajstić information content (AvgIpc) is 2.49. The predicted molar refractivity (Wildman–Crippen MR) is 78.0 cm³/mol. The second kappa shape index (κ2) is 5.65. The van der Waals surface area contributed by atoms with Gasteiger partial charge in [0.15, 0.2) is 0 Å². The van der Waals surface area contributed by atoms with Crippen molar-refractivity contribution in [1.82, 2.24) is 5.32 Å². The normalized spacial score (nSPS) is 24.1. The molecule has 1 fully saturated rings. The van der Waals surface area contributed by atoms with Crippen molar-refractivity contribution < 1.29 is 9.50 Å². The molecule has 0 amide bonds. The second-order valence-electron chi connectivity index (χ2n) is 5.19. The number of nitriles is 1. The van der Waals surface area contributed by atoms with E-state index in [0.29, 0.717) is 5.56 Å². The zero-order chi connectivity index (χ0) is 14.8. The van der Waals surface area contributed by atoms with Crippen molar-refractivity contribution in [3.05, 3.63) is 59.9 Å². The van der Waals surface area contributed by atoms with Crippen molar-refractivity contribution in [2.75, 3.05) is 6.61 Å². The third-order valence-corrected chi connectivity index (χ3v) is 4.00. The van der Waals surface area contributed by atoms with Gasteiger partial charge in [-0.15, -0.1) is 0 Å². The molecule has 1 heterocycles. The Morgan fingerprint density at radius 1 is 1.14 bits per heavy atom. The van der Waals surface area contributed by atoms with Gasteiger partial charge in [-0.2, -0.15) is 5.26 Å². The molecule has 3 atom stereocenters. The molecule has 0 bridgehead atoms. The van der Waals surface area contributed by atoms with Crippen LogP contribution in [0.1, 0.15) is 11.5 Å². The van der Waals surface area contributed by atoms with Crippen molar-refractivity contribution in [2.24, 2.45) is 0 Å². The Labute approximate surface area is 122 Å². The van der Waals surface area contributed by atoms with E-state index >= 15 is 0 Å². The molecule has 3 rings (SSSR count). The third kappa shape index (κ3) is 2.42. The first-order valence-electron chi connectivity index (χ1n) is 6.86. The molecule has 21 heavy (non-hydrogen) atoms. The highest BCUT2D eigenvalue weighted by atomic mass is 19.1. The minimum Gasteiger partial charge on any atom is -0.395 e.